The fourth-order valence-electron chi connectivity index (χ4n) is 2.31. The van der Waals surface area contributed by atoms with Crippen LogP contribution in [0.4, 0.5) is 10.8 Å². The van der Waals surface area contributed by atoms with E-state index in [4.69, 9.17) is 0 Å². The zero-order valence-electron chi connectivity index (χ0n) is 11.7. The highest BCUT2D eigenvalue weighted by Crippen LogP contribution is 2.24. The largest absolute Gasteiger partial charge is 0.298 e. The van der Waals surface area contributed by atoms with Crippen molar-refractivity contribution in [1.82, 2.24) is 4.98 Å². The molecule has 3 rings (SSSR count). The van der Waals surface area contributed by atoms with Crippen LogP contribution in [0.2, 0.25) is 0 Å². The van der Waals surface area contributed by atoms with Gasteiger partial charge < -0.3 is 0 Å². The predicted molar refractivity (Wildman–Crippen MR) is 86.9 cm³/mol. The van der Waals surface area contributed by atoms with E-state index in [1.165, 1.54) is 15.6 Å². The first-order valence-electron chi connectivity index (χ1n) is 6.87. The third kappa shape index (κ3) is 3.12. The van der Waals surface area contributed by atoms with Crippen LogP contribution in [0.5, 0.6) is 0 Å². The number of hydrogen-bond acceptors (Lipinski definition) is 5. The van der Waals surface area contributed by atoms with Crippen molar-refractivity contribution in [2.24, 2.45) is 0 Å². The maximum Gasteiger partial charge on any atom is 0.257 e. The van der Waals surface area contributed by atoms with Crippen LogP contribution in [-0.2, 0) is 10.0 Å². The summed E-state index contributed by atoms with van der Waals surface area (Å²) in [6.07, 6.45) is 3.17. The standard InChI is InChI=1S/C14H15N3O3S2/c18-13(16-14-15-7-9-21-14)11-3-5-12(6-4-11)17-8-1-2-10-22(17,19)20/h3-7,9H,1-2,8,10H2,(H,15,16,18). The number of benzene rings is 1. The molecule has 1 aliphatic heterocycles. The second kappa shape index (κ2) is 6.05. The highest BCUT2D eigenvalue weighted by atomic mass is 32.2. The molecule has 8 heteroatoms. The lowest BCUT2D eigenvalue weighted by molar-refractivity contribution is 0.102. The maximum atomic E-state index is 12.1. The van der Waals surface area contributed by atoms with E-state index in [0.29, 0.717) is 29.3 Å². The molecule has 0 bridgehead atoms. The summed E-state index contributed by atoms with van der Waals surface area (Å²) >= 11 is 1.34. The van der Waals surface area contributed by atoms with Gasteiger partial charge in [-0.1, -0.05) is 0 Å². The van der Waals surface area contributed by atoms with Crippen LogP contribution in [0.25, 0.3) is 0 Å². The molecule has 1 amide bonds. The molecular formula is C14H15N3O3S2. The van der Waals surface area contributed by atoms with Crippen LogP contribution in [0.3, 0.4) is 0 Å². The molecule has 0 atom stereocenters. The van der Waals surface area contributed by atoms with Crippen molar-refractivity contribution in [1.29, 1.82) is 0 Å². The molecule has 22 heavy (non-hydrogen) atoms. The fourth-order valence-corrected chi connectivity index (χ4v) is 4.48. The zero-order chi connectivity index (χ0) is 15.6. The summed E-state index contributed by atoms with van der Waals surface area (Å²) in [5.41, 5.74) is 1.07. The van der Waals surface area contributed by atoms with Crippen molar-refractivity contribution in [2.45, 2.75) is 12.8 Å². The molecule has 1 N–H and O–H groups in total. The van der Waals surface area contributed by atoms with Gasteiger partial charge in [0, 0.05) is 23.7 Å². The third-order valence-electron chi connectivity index (χ3n) is 3.42. The Labute approximate surface area is 132 Å². The van der Waals surface area contributed by atoms with E-state index in [-0.39, 0.29) is 11.7 Å². The lowest BCUT2D eigenvalue weighted by Crippen LogP contribution is -2.37. The van der Waals surface area contributed by atoms with Gasteiger partial charge in [-0.15, -0.1) is 11.3 Å². The van der Waals surface area contributed by atoms with Gasteiger partial charge in [0.1, 0.15) is 0 Å². The minimum atomic E-state index is -3.23. The Morgan fingerprint density at radius 3 is 2.64 bits per heavy atom. The first kappa shape index (κ1) is 15.0. The van der Waals surface area contributed by atoms with Crippen molar-refractivity contribution in [3.8, 4) is 0 Å². The van der Waals surface area contributed by atoms with E-state index >= 15 is 0 Å². The first-order valence-corrected chi connectivity index (χ1v) is 9.36. The van der Waals surface area contributed by atoms with Crippen LogP contribution < -0.4 is 9.62 Å². The van der Waals surface area contributed by atoms with Gasteiger partial charge in [-0.05, 0) is 37.1 Å². The Bertz CT molecular complexity index is 755. The number of amides is 1. The number of rotatable bonds is 3. The third-order valence-corrected chi connectivity index (χ3v) is 5.98. The molecule has 0 saturated carbocycles. The topological polar surface area (TPSA) is 79.4 Å². The Hall–Kier alpha value is -1.93. The predicted octanol–water partition coefficient (Wildman–Crippen LogP) is 2.33. The van der Waals surface area contributed by atoms with Crippen LogP contribution >= 0.6 is 11.3 Å². The zero-order valence-corrected chi connectivity index (χ0v) is 13.4. The quantitative estimate of drug-likeness (QED) is 0.932. The van der Waals surface area contributed by atoms with Gasteiger partial charge in [0.05, 0.1) is 11.4 Å². The lowest BCUT2D eigenvalue weighted by atomic mass is 10.2. The van der Waals surface area contributed by atoms with Gasteiger partial charge in [-0.2, -0.15) is 0 Å². The average molecular weight is 337 g/mol. The highest BCUT2D eigenvalue weighted by Gasteiger charge is 2.25. The summed E-state index contributed by atoms with van der Waals surface area (Å²) in [5.74, 6) is -0.0813. The van der Waals surface area contributed by atoms with Crippen molar-refractivity contribution < 1.29 is 13.2 Å². The molecule has 1 aromatic heterocycles. The Balaban J connectivity index is 1.76. The molecule has 0 radical (unpaired) electrons. The maximum absolute atomic E-state index is 12.1. The monoisotopic (exact) mass is 337 g/mol. The number of thiazole rings is 1. The molecule has 0 aliphatic carbocycles. The molecule has 1 aliphatic rings. The molecule has 0 unspecified atom stereocenters. The fraction of sp³-hybridized carbons (Fsp3) is 0.286. The number of sulfonamides is 1. The number of anilines is 2. The molecular weight excluding hydrogens is 322 g/mol. The van der Waals surface area contributed by atoms with E-state index in [1.54, 1.807) is 35.8 Å². The van der Waals surface area contributed by atoms with E-state index in [1.807, 2.05) is 0 Å². The number of carbonyl (C=O) groups excluding carboxylic acids is 1. The van der Waals surface area contributed by atoms with Crippen LogP contribution in [0.1, 0.15) is 23.2 Å². The van der Waals surface area contributed by atoms with Crippen molar-refractivity contribution in [3.63, 3.8) is 0 Å². The summed E-state index contributed by atoms with van der Waals surface area (Å²) in [6.45, 7) is 0.493. The van der Waals surface area contributed by atoms with Gasteiger partial charge >= 0.3 is 0 Å². The SMILES string of the molecule is O=C(Nc1nccs1)c1ccc(N2CCCCS2(=O)=O)cc1. The van der Waals surface area contributed by atoms with Crippen LogP contribution in [0, 0.1) is 0 Å². The normalized spacial score (nSPS) is 17.2. The summed E-state index contributed by atoms with van der Waals surface area (Å²) in [6, 6.07) is 6.59. The van der Waals surface area contributed by atoms with Crippen LogP contribution in [-0.4, -0.2) is 31.6 Å². The van der Waals surface area contributed by atoms with Crippen molar-refractivity contribution in [2.75, 3.05) is 21.9 Å². The minimum Gasteiger partial charge on any atom is -0.298 e. The molecule has 2 heterocycles. The second-order valence-corrected chi connectivity index (χ2v) is 7.84. The number of nitrogens with one attached hydrogen (secondary N) is 1. The molecule has 2 aromatic rings. The van der Waals surface area contributed by atoms with E-state index in [2.05, 4.69) is 10.3 Å². The highest BCUT2D eigenvalue weighted by molar-refractivity contribution is 7.92. The Morgan fingerprint density at radius 2 is 2.00 bits per heavy atom. The smallest absolute Gasteiger partial charge is 0.257 e. The van der Waals surface area contributed by atoms with Crippen molar-refractivity contribution >= 4 is 38.1 Å². The van der Waals surface area contributed by atoms with E-state index < -0.39 is 10.0 Å². The van der Waals surface area contributed by atoms with Gasteiger partial charge in [0.2, 0.25) is 10.0 Å². The van der Waals surface area contributed by atoms with Crippen molar-refractivity contribution in [3.05, 3.63) is 41.4 Å². The molecule has 1 aromatic carbocycles. The summed E-state index contributed by atoms with van der Waals surface area (Å²) in [5, 5.41) is 5.00. The van der Waals surface area contributed by atoms with Crippen LogP contribution in [0.15, 0.2) is 35.8 Å². The molecule has 1 saturated heterocycles. The van der Waals surface area contributed by atoms with E-state index in [9.17, 15) is 13.2 Å². The molecule has 0 spiro atoms. The average Bonchev–Trinajstić information content (AvgIpc) is 3.00. The van der Waals surface area contributed by atoms with Gasteiger partial charge in [-0.3, -0.25) is 14.4 Å². The Morgan fingerprint density at radius 1 is 1.23 bits per heavy atom. The first-order chi connectivity index (χ1) is 10.6. The van der Waals surface area contributed by atoms with Gasteiger partial charge in [0.15, 0.2) is 5.13 Å². The lowest BCUT2D eigenvalue weighted by Gasteiger charge is -2.28. The second-order valence-electron chi connectivity index (χ2n) is 4.93. The number of carbonyl (C=O) groups is 1. The number of nitrogens with zero attached hydrogens (tertiary/aromatic N) is 2. The molecule has 1 fully saturated rings. The number of hydrogen-bond donors (Lipinski definition) is 1. The minimum absolute atomic E-state index is 0.180. The van der Waals surface area contributed by atoms with E-state index in [0.717, 1.165) is 6.42 Å². The van der Waals surface area contributed by atoms with Gasteiger partial charge in [-0.25, -0.2) is 13.4 Å². The summed E-state index contributed by atoms with van der Waals surface area (Å²) in [4.78, 5) is 16.0. The summed E-state index contributed by atoms with van der Waals surface area (Å²) in [7, 11) is -3.23. The molecule has 116 valence electrons. The van der Waals surface area contributed by atoms with Gasteiger partial charge in [0.25, 0.3) is 5.91 Å². The Kier molecular flexibility index (Phi) is 4.12. The summed E-state index contributed by atoms with van der Waals surface area (Å²) < 4.78 is 25.5. The molecule has 6 nitrogen and oxygen atoms in total. The number of aromatic nitrogens is 1.